The number of esters is 2. The van der Waals surface area contributed by atoms with Crippen molar-refractivity contribution in [2.24, 2.45) is 0 Å². The largest absolute Gasteiger partial charge is 0.493 e. The van der Waals surface area contributed by atoms with Crippen LogP contribution in [0.25, 0.3) is 0 Å². The number of carbonyl (C=O) groups excluding carboxylic acids is 2. The monoisotopic (exact) mass is 450 g/mol. The number of unbranched alkanes of at least 4 members (excludes halogenated alkanes) is 1. The molecule has 0 N–H and O–H groups in total. The van der Waals surface area contributed by atoms with E-state index in [0.717, 1.165) is 17.3 Å². The number of benzene rings is 2. The lowest BCUT2D eigenvalue weighted by Crippen LogP contribution is -2.12. The molecule has 0 aliphatic rings. The van der Waals surface area contributed by atoms with E-state index in [-0.39, 0.29) is 6.61 Å². The van der Waals surface area contributed by atoms with Gasteiger partial charge in [0.2, 0.25) is 0 Å². The molecule has 0 aliphatic carbocycles. The van der Waals surface area contributed by atoms with E-state index in [0.29, 0.717) is 35.8 Å². The van der Waals surface area contributed by atoms with Gasteiger partial charge >= 0.3 is 11.9 Å². The second-order valence-corrected chi connectivity index (χ2v) is 6.80. The molecule has 0 radical (unpaired) electrons. The normalized spacial score (nSPS) is 10.4. The summed E-state index contributed by atoms with van der Waals surface area (Å²) in [7, 11) is 1.53. The van der Waals surface area contributed by atoms with E-state index in [2.05, 4.69) is 22.9 Å². The Morgan fingerprint density at radius 3 is 2.39 bits per heavy atom. The average molecular weight is 451 g/mol. The highest BCUT2D eigenvalue weighted by atomic mass is 79.9. The van der Waals surface area contributed by atoms with Crippen molar-refractivity contribution in [3.8, 4) is 11.5 Å². The van der Waals surface area contributed by atoms with Crippen molar-refractivity contribution in [1.82, 2.24) is 0 Å². The lowest BCUT2D eigenvalue weighted by atomic mass is 10.2. The molecule has 0 spiro atoms. The van der Waals surface area contributed by atoms with Crippen LogP contribution < -0.4 is 9.47 Å². The molecule has 2 rings (SSSR count). The van der Waals surface area contributed by atoms with Crippen LogP contribution in [0.1, 0.15) is 40.5 Å². The number of halogens is 1. The summed E-state index contributed by atoms with van der Waals surface area (Å²) in [6, 6.07) is 11.4. The highest BCUT2D eigenvalue weighted by molar-refractivity contribution is 9.10. The fourth-order valence-electron chi connectivity index (χ4n) is 2.24. The second kappa shape index (κ2) is 11.5. The van der Waals surface area contributed by atoms with E-state index in [1.165, 1.54) is 19.2 Å². The number of carbonyl (C=O) groups is 2. The fourth-order valence-corrected chi connectivity index (χ4v) is 2.60. The molecular formula is C21H23BrO6. The molecule has 0 bridgehead atoms. The Hall–Kier alpha value is -2.38. The maximum atomic E-state index is 12.6. The topological polar surface area (TPSA) is 71.1 Å². The van der Waals surface area contributed by atoms with Crippen LogP contribution in [0.15, 0.2) is 46.9 Å². The summed E-state index contributed by atoms with van der Waals surface area (Å²) >= 11 is 3.36. The van der Waals surface area contributed by atoms with Crippen molar-refractivity contribution in [2.45, 2.75) is 19.8 Å². The van der Waals surface area contributed by atoms with Gasteiger partial charge < -0.3 is 18.9 Å². The average Bonchev–Trinajstić information content (AvgIpc) is 2.70. The van der Waals surface area contributed by atoms with Gasteiger partial charge in [-0.15, -0.1) is 0 Å². The van der Waals surface area contributed by atoms with Crippen molar-refractivity contribution in [2.75, 3.05) is 26.9 Å². The summed E-state index contributed by atoms with van der Waals surface area (Å²) in [5, 5.41) is 0. The summed E-state index contributed by atoms with van der Waals surface area (Å²) in [6.45, 7) is 3.10. The Morgan fingerprint density at radius 1 is 0.964 bits per heavy atom. The van der Waals surface area contributed by atoms with E-state index < -0.39 is 11.9 Å². The SMILES string of the molecule is CCCCOc1ccc(Br)cc1C(=O)Oc1ccc(C(=O)OCCOC)cc1. The van der Waals surface area contributed by atoms with Gasteiger partial charge in [0, 0.05) is 11.6 Å². The second-order valence-electron chi connectivity index (χ2n) is 5.89. The maximum Gasteiger partial charge on any atom is 0.347 e. The molecule has 0 unspecified atom stereocenters. The smallest absolute Gasteiger partial charge is 0.347 e. The molecule has 0 saturated carbocycles. The highest BCUT2D eigenvalue weighted by Gasteiger charge is 2.16. The van der Waals surface area contributed by atoms with Crippen molar-refractivity contribution in [3.63, 3.8) is 0 Å². The van der Waals surface area contributed by atoms with Crippen molar-refractivity contribution in [1.29, 1.82) is 0 Å². The third-order valence-corrected chi connectivity index (χ3v) is 4.23. The van der Waals surface area contributed by atoms with Gasteiger partial charge in [0.25, 0.3) is 0 Å². The molecule has 0 aromatic heterocycles. The van der Waals surface area contributed by atoms with Crippen molar-refractivity contribution >= 4 is 27.9 Å². The molecule has 6 nitrogen and oxygen atoms in total. The van der Waals surface area contributed by atoms with E-state index in [9.17, 15) is 9.59 Å². The van der Waals surface area contributed by atoms with E-state index >= 15 is 0 Å². The standard InChI is InChI=1S/C21H23BrO6/c1-3-4-11-26-19-10-7-16(22)14-18(19)21(24)28-17-8-5-15(6-9-17)20(23)27-13-12-25-2/h5-10,14H,3-4,11-13H2,1-2H3. The summed E-state index contributed by atoms with van der Waals surface area (Å²) in [4.78, 5) is 24.5. The Morgan fingerprint density at radius 2 is 1.71 bits per heavy atom. The van der Waals surface area contributed by atoms with Crippen molar-refractivity contribution < 1.29 is 28.5 Å². The predicted molar refractivity (Wildman–Crippen MR) is 108 cm³/mol. The molecule has 2 aromatic rings. The molecule has 7 heteroatoms. The lowest BCUT2D eigenvalue weighted by molar-refractivity contribution is 0.0388. The molecule has 2 aromatic carbocycles. The minimum absolute atomic E-state index is 0.176. The summed E-state index contributed by atoms with van der Waals surface area (Å²) in [6.07, 6.45) is 1.89. The van der Waals surface area contributed by atoms with Gasteiger partial charge in [-0.05, 0) is 48.9 Å². The molecule has 0 amide bonds. The molecule has 0 saturated heterocycles. The predicted octanol–water partition coefficient (Wildman–Crippen LogP) is 4.65. The number of ether oxygens (including phenoxy) is 4. The van der Waals surface area contributed by atoms with Crippen molar-refractivity contribution in [3.05, 3.63) is 58.1 Å². The Kier molecular flexibility index (Phi) is 8.97. The fraction of sp³-hybridized carbons (Fsp3) is 0.333. The van der Waals surface area contributed by atoms with Crippen LogP contribution in [-0.4, -0.2) is 38.9 Å². The first kappa shape index (κ1) is 21.9. The molecule has 150 valence electrons. The minimum atomic E-state index is -0.539. The van der Waals surface area contributed by atoms with Crippen LogP contribution in [0.3, 0.4) is 0 Å². The van der Waals surface area contributed by atoms with Crippen LogP contribution in [0.2, 0.25) is 0 Å². The number of hydrogen-bond acceptors (Lipinski definition) is 6. The molecule has 28 heavy (non-hydrogen) atoms. The zero-order valence-electron chi connectivity index (χ0n) is 15.9. The summed E-state index contributed by atoms with van der Waals surface area (Å²) < 4.78 is 21.7. The highest BCUT2D eigenvalue weighted by Crippen LogP contribution is 2.25. The van der Waals surface area contributed by atoms with Gasteiger partial charge in [-0.1, -0.05) is 29.3 Å². The van der Waals surface area contributed by atoms with Gasteiger partial charge in [-0.3, -0.25) is 0 Å². The molecular weight excluding hydrogens is 428 g/mol. The first-order chi connectivity index (χ1) is 13.5. The Bertz CT molecular complexity index is 788. The van der Waals surface area contributed by atoms with E-state index in [1.54, 1.807) is 24.3 Å². The molecule has 0 heterocycles. The zero-order chi connectivity index (χ0) is 20.4. The maximum absolute atomic E-state index is 12.6. The number of methoxy groups -OCH3 is 1. The number of hydrogen-bond donors (Lipinski definition) is 0. The van der Waals surface area contributed by atoms with Gasteiger partial charge in [-0.2, -0.15) is 0 Å². The quantitative estimate of drug-likeness (QED) is 0.298. The molecule has 0 atom stereocenters. The van der Waals surface area contributed by atoms with E-state index in [4.69, 9.17) is 18.9 Å². The van der Waals surface area contributed by atoms with Crippen LogP contribution in [0, 0.1) is 0 Å². The van der Waals surface area contributed by atoms with Gasteiger partial charge in [0.15, 0.2) is 0 Å². The molecule has 0 aliphatic heterocycles. The number of rotatable bonds is 10. The Labute approximate surface area is 172 Å². The third-order valence-electron chi connectivity index (χ3n) is 3.74. The molecule has 0 fully saturated rings. The van der Waals surface area contributed by atoms with Gasteiger partial charge in [0.1, 0.15) is 23.7 Å². The Balaban J connectivity index is 2.04. The van der Waals surface area contributed by atoms with Gasteiger partial charge in [0.05, 0.1) is 18.8 Å². The van der Waals surface area contributed by atoms with Crippen LogP contribution >= 0.6 is 15.9 Å². The first-order valence-corrected chi connectivity index (χ1v) is 9.75. The third kappa shape index (κ3) is 6.65. The van der Waals surface area contributed by atoms with Crippen LogP contribution in [0.5, 0.6) is 11.5 Å². The van der Waals surface area contributed by atoms with Crippen LogP contribution in [-0.2, 0) is 9.47 Å². The lowest BCUT2D eigenvalue weighted by Gasteiger charge is -2.12. The summed E-state index contributed by atoms with van der Waals surface area (Å²) in [5.74, 6) is -0.213. The first-order valence-electron chi connectivity index (χ1n) is 8.95. The van der Waals surface area contributed by atoms with Gasteiger partial charge in [-0.25, -0.2) is 9.59 Å². The summed E-state index contributed by atoms with van der Waals surface area (Å²) in [5.41, 5.74) is 0.690. The van der Waals surface area contributed by atoms with E-state index in [1.807, 2.05) is 6.07 Å². The minimum Gasteiger partial charge on any atom is -0.493 e. The van der Waals surface area contributed by atoms with Crippen LogP contribution in [0.4, 0.5) is 0 Å². The zero-order valence-corrected chi connectivity index (χ0v) is 17.5.